The zero-order valence-corrected chi connectivity index (χ0v) is 14.8. The van der Waals surface area contributed by atoms with E-state index in [1.54, 1.807) is 12.1 Å². The molecule has 136 valence electrons. The van der Waals surface area contributed by atoms with E-state index in [9.17, 15) is 9.18 Å². The van der Waals surface area contributed by atoms with Crippen LogP contribution in [0.4, 0.5) is 4.39 Å². The number of benzene rings is 1. The SMILES string of the molecule is Cn1ccnc1CN1CCCN(C(=O)c2cc3cc(F)ccc3[nH]2)CC1. The van der Waals surface area contributed by atoms with E-state index >= 15 is 0 Å². The average Bonchev–Trinajstić information content (AvgIpc) is 3.14. The molecule has 1 N–H and O–H groups in total. The fraction of sp³-hybridized carbons (Fsp3) is 0.368. The molecule has 0 saturated carbocycles. The summed E-state index contributed by atoms with van der Waals surface area (Å²) >= 11 is 0. The van der Waals surface area contributed by atoms with Gasteiger partial charge >= 0.3 is 0 Å². The molecule has 6 nitrogen and oxygen atoms in total. The van der Waals surface area contributed by atoms with E-state index in [1.165, 1.54) is 12.1 Å². The van der Waals surface area contributed by atoms with Gasteiger partial charge in [-0.2, -0.15) is 0 Å². The summed E-state index contributed by atoms with van der Waals surface area (Å²) in [5, 5.41) is 0.722. The number of hydrogen-bond acceptors (Lipinski definition) is 3. The molecule has 4 rings (SSSR count). The topological polar surface area (TPSA) is 57.2 Å². The first-order chi connectivity index (χ1) is 12.6. The van der Waals surface area contributed by atoms with Crippen molar-refractivity contribution in [3.63, 3.8) is 0 Å². The van der Waals surface area contributed by atoms with Gasteiger partial charge in [-0.25, -0.2) is 9.37 Å². The number of nitrogens with one attached hydrogen (secondary N) is 1. The van der Waals surface area contributed by atoms with Crippen molar-refractivity contribution in [3.05, 3.63) is 54.0 Å². The molecule has 0 radical (unpaired) electrons. The minimum Gasteiger partial charge on any atom is -0.351 e. The van der Waals surface area contributed by atoms with Crippen LogP contribution in [0.1, 0.15) is 22.7 Å². The Bertz CT molecular complexity index is 931. The molecule has 0 aliphatic carbocycles. The van der Waals surface area contributed by atoms with Gasteiger partial charge in [0.1, 0.15) is 17.3 Å². The minimum atomic E-state index is -0.296. The molecule has 1 saturated heterocycles. The van der Waals surface area contributed by atoms with Gasteiger partial charge in [-0.1, -0.05) is 0 Å². The molecule has 0 spiro atoms. The maximum absolute atomic E-state index is 13.4. The molecule has 26 heavy (non-hydrogen) atoms. The Morgan fingerprint density at radius 2 is 2.12 bits per heavy atom. The number of imidazole rings is 1. The van der Waals surface area contributed by atoms with Crippen molar-refractivity contribution in [1.29, 1.82) is 0 Å². The summed E-state index contributed by atoms with van der Waals surface area (Å²) in [5.41, 5.74) is 1.30. The number of aryl methyl sites for hydroxylation is 1. The van der Waals surface area contributed by atoms with E-state index < -0.39 is 0 Å². The summed E-state index contributed by atoms with van der Waals surface area (Å²) in [6.45, 7) is 3.94. The number of carbonyl (C=O) groups is 1. The number of hydrogen-bond donors (Lipinski definition) is 1. The van der Waals surface area contributed by atoms with Gasteiger partial charge < -0.3 is 14.5 Å². The fourth-order valence-corrected chi connectivity index (χ4v) is 3.47. The van der Waals surface area contributed by atoms with Gasteiger partial charge in [-0.05, 0) is 30.7 Å². The van der Waals surface area contributed by atoms with Gasteiger partial charge in [0, 0.05) is 56.5 Å². The molecule has 1 aliphatic rings. The summed E-state index contributed by atoms with van der Waals surface area (Å²) < 4.78 is 15.4. The first-order valence-corrected chi connectivity index (χ1v) is 8.86. The van der Waals surface area contributed by atoms with Crippen LogP contribution in [0.25, 0.3) is 10.9 Å². The smallest absolute Gasteiger partial charge is 0.270 e. The molecule has 3 aromatic rings. The largest absolute Gasteiger partial charge is 0.351 e. The minimum absolute atomic E-state index is 0.0274. The second-order valence-electron chi connectivity index (χ2n) is 6.79. The van der Waals surface area contributed by atoms with Gasteiger partial charge in [0.2, 0.25) is 0 Å². The maximum Gasteiger partial charge on any atom is 0.270 e. The molecule has 0 unspecified atom stereocenters. The molecule has 1 amide bonds. The lowest BCUT2D eigenvalue weighted by atomic mass is 10.2. The Morgan fingerprint density at radius 1 is 1.23 bits per heavy atom. The van der Waals surface area contributed by atoms with Crippen molar-refractivity contribution in [1.82, 2.24) is 24.3 Å². The predicted molar refractivity (Wildman–Crippen MR) is 97.3 cm³/mol. The van der Waals surface area contributed by atoms with Gasteiger partial charge in [0.25, 0.3) is 5.91 Å². The number of aromatic amines is 1. The number of rotatable bonds is 3. The highest BCUT2D eigenvalue weighted by atomic mass is 19.1. The third-order valence-electron chi connectivity index (χ3n) is 4.97. The van der Waals surface area contributed by atoms with Crippen LogP contribution in [0, 0.1) is 5.82 Å². The van der Waals surface area contributed by atoms with Gasteiger partial charge in [-0.3, -0.25) is 9.69 Å². The third-order valence-corrected chi connectivity index (χ3v) is 4.97. The lowest BCUT2D eigenvalue weighted by Gasteiger charge is -2.21. The predicted octanol–water partition coefficient (Wildman–Crippen LogP) is 2.39. The lowest BCUT2D eigenvalue weighted by Crippen LogP contribution is -2.35. The van der Waals surface area contributed by atoms with Crippen LogP contribution in [0.5, 0.6) is 0 Å². The Kier molecular flexibility index (Phi) is 4.46. The van der Waals surface area contributed by atoms with Crippen LogP contribution in [0.2, 0.25) is 0 Å². The summed E-state index contributed by atoms with van der Waals surface area (Å²) in [4.78, 5) is 24.5. The monoisotopic (exact) mass is 355 g/mol. The normalized spacial score (nSPS) is 16.2. The zero-order valence-electron chi connectivity index (χ0n) is 14.8. The molecule has 0 bridgehead atoms. The maximum atomic E-state index is 13.4. The summed E-state index contributed by atoms with van der Waals surface area (Å²) in [7, 11) is 1.99. The van der Waals surface area contributed by atoms with Crippen molar-refractivity contribution in [3.8, 4) is 0 Å². The van der Waals surface area contributed by atoms with E-state index in [2.05, 4.69) is 14.9 Å². The van der Waals surface area contributed by atoms with Gasteiger partial charge in [0.15, 0.2) is 0 Å². The van der Waals surface area contributed by atoms with E-state index in [-0.39, 0.29) is 11.7 Å². The van der Waals surface area contributed by atoms with Crippen molar-refractivity contribution in [2.75, 3.05) is 26.2 Å². The van der Waals surface area contributed by atoms with Crippen LogP contribution in [-0.2, 0) is 13.6 Å². The van der Waals surface area contributed by atoms with Gasteiger partial charge in [-0.15, -0.1) is 0 Å². The summed E-state index contributed by atoms with van der Waals surface area (Å²) in [6.07, 6.45) is 4.68. The molecule has 0 atom stereocenters. The molecule has 1 aromatic carbocycles. The Balaban J connectivity index is 1.44. The van der Waals surface area contributed by atoms with E-state index in [1.807, 2.05) is 28.9 Å². The van der Waals surface area contributed by atoms with E-state index in [0.29, 0.717) is 12.2 Å². The van der Waals surface area contributed by atoms with Gasteiger partial charge in [0.05, 0.1) is 6.54 Å². The van der Waals surface area contributed by atoms with Crippen molar-refractivity contribution in [2.24, 2.45) is 7.05 Å². The second-order valence-corrected chi connectivity index (χ2v) is 6.79. The van der Waals surface area contributed by atoms with E-state index in [0.717, 1.165) is 49.3 Å². The highest BCUT2D eigenvalue weighted by Gasteiger charge is 2.22. The number of fused-ring (bicyclic) bond motifs is 1. The average molecular weight is 355 g/mol. The van der Waals surface area contributed by atoms with Crippen LogP contribution < -0.4 is 0 Å². The highest BCUT2D eigenvalue weighted by Crippen LogP contribution is 2.18. The third kappa shape index (κ3) is 3.35. The Labute approximate surface area is 151 Å². The van der Waals surface area contributed by atoms with Crippen molar-refractivity contribution >= 4 is 16.8 Å². The Morgan fingerprint density at radius 3 is 2.92 bits per heavy atom. The quantitative estimate of drug-likeness (QED) is 0.785. The summed E-state index contributed by atoms with van der Waals surface area (Å²) in [5.74, 6) is 0.707. The number of nitrogens with zero attached hydrogens (tertiary/aromatic N) is 4. The molecule has 1 aliphatic heterocycles. The number of H-pyrrole nitrogens is 1. The van der Waals surface area contributed by atoms with Crippen molar-refractivity contribution in [2.45, 2.75) is 13.0 Å². The number of halogens is 1. The van der Waals surface area contributed by atoms with Crippen LogP contribution >= 0.6 is 0 Å². The van der Waals surface area contributed by atoms with Crippen LogP contribution in [-0.4, -0.2) is 56.4 Å². The standard InChI is InChI=1S/C19H22FN5O/c1-23-8-5-21-18(23)13-24-6-2-7-25(10-9-24)19(26)17-12-14-11-15(20)3-4-16(14)22-17/h3-5,8,11-12,22H,2,6-7,9-10,13H2,1H3. The first kappa shape index (κ1) is 16.8. The van der Waals surface area contributed by atoms with Crippen LogP contribution in [0.3, 0.4) is 0 Å². The molecular formula is C19H22FN5O. The lowest BCUT2D eigenvalue weighted by molar-refractivity contribution is 0.0756. The molecule has 3 heterocycles. The highest BCUT2D eigenvalue weighted by molar-refractivity contribution is 5.98. The number of amides is 1. The number of aromatic nitrogens is 3. The van der Waals surface area contributed by atoms with Crippen LogP contribution in [0.15, 0.2) is 36.7 Å². The summed E-state index contributed by atoms with van der Waals surface area (Å²) in [6, 6.07) is 6.24. The molecule has 2 aromatic heterocycles. The Hall–Kier alpha value is -2.67. The van der Waals surface area contributed by atoms with Crippen molar-refractivity contribution < 1.29 is 9.18 Å². The zero-order chi connectivity index (χ0) is 18.1. The molecule has 7 heteroatoms. The van der Waals surface area contributed by atoms with E-state index in [4.69, 9.17) is 0 Å². The fourth-order valence-electron chi connectivity index (χ4n) is 3.47. The second kappa shape index (κ2) is 6.92. The molecule has 1 fully saturated rings. The number of carbonyl (C=O) groups excluding carboxylic acids is 1. The molecular weight excluding hydrogens is 333 g/mol. The first-order valence-electron chi connectivity index (χ1n) is 8.86.